The number of nitrogens with two attached hydrogens (primary N) is 1. The summed E-state index contributed by atoms with van der Waals surface area (Å²) < 4.78 is 0. The summed E-state index contributed by atoms with van der Waals surface area (Å²) in [6.07, 6.45) is 4.98. The molecule has 20 heavy (non-hydrogen) atoms. The summed E-state index contributed by atoms with van der Waals surface area (Å²) in [6.45, 7) is 0.676. The summed E-state index contributed by atoms with van der Waals surface area (Å²) in [5, 5.41) is 4.36. The van der Waals surface area contributed by atoms with Gasteiger partial charge in [0.2, 0.25) is 5.91 Å². The minimum absolute atomic E-state index is 0.00879. The lowest BCUT2D eigenvalue weighted by Crippen LogP contribution is -2.11. The number of anilines is 1. The van der Waals surface area contributed by atoms with Gasteiger partial charge in [-0.15, -0.1) is 0 Å². The Labute approximate surface area is 123 Å². The number of carbonyl (C=O) groups excluding carboxylic acids is 1. The first-order valence-electron chi connectivity index (χ1n) is 6.75. The van der Waals surface area contributed by atoms with E-state index in [0.717, 1.165) is 30.3 Å². The van der Waals surface area contributed by atoms with Crippen LogP contribution in [-0.4, -0.2) is 17.4 Å². The van der Waals surface area contributed by atoms with Crippen LogP contribution < -0.4 is 11.1 Å². The van der Waals surface area contributed by atoms with E-state index in [1.807, 2.05) is 18.2 Å². The number of halogens is 1. The summed E-state index contributed by atoms with van der Waals surface area (Å²) in [4.78, 5) is 16.1. The number of pyridine rings is 1. The number of carbonyl (C=O) groups is 1. The van der Waals surface area contributed by atoms with Gasteiger partial charge in [0.25, 0.3) is 0 Å². The number of nitrogens with one attached hydrogen (secondary N) is 1. The van der Waals surface area contributed by atoms with Crippen molar-refractivity contribution >= 4 is 34.1 Å². The number of benzene rings is 1. The van der Waals surface area contributed by atoms with Gasteiger partial charge in [-0.1, -0.05) is 18.0 Å². The van der Waals surface area contributed by atoms with Crippen LogP contribution in [0.25, 0.3) is 10.9 Å². The molecule has 0 unspecified atom stereocenters. The topological polar surface area (TPSA) is 68.0 Å². The maximum Gasteiger partial charge on any atom is 0.224 e. The van der Waals surface area contributed by atoms with Crippen molar-refractivity contribution in [1.82, 2.24) is 4.98 Å². The molecule has 2 aromatic rings. The molecule has 0 spiro atoms. The van der Waals surface area contributed by atoms with Gasteiger partial charge in [0.1, 0.15) is 0 Å². The number of hydrogen-bond acceptors (Lipinski definition) is 3. The van der Waals surface area contributed by atoms with Gasteiger partial charge >= 0.3 is 0 Å². The molecule has 0 aliphatic carbocycles. The number of fused-ring (bicyclic) bond motifs is 1. The molecule has 3 N–H and O–H groups in total. The van der Waals surface area contributed by atoms with Crippen molar-refractivity contribution in [3.05, 3.63) is 35.5 Å². The number of hydrogen-bond donors (Lipinski definition) is 2. The van der Waals surface area contributed by atoms with Crippen LogP contribution in [-0.2, 0) is 4.79 Å². The molecule has 1 aromatic heterocycles. The van der Waals surface area contributed by atoms with Gasteiger partial charge in [-0.2, -0.15) is 0 Å². The predicted octanol–water partition coefficient (Wildman–Crippen LogP) is 3.35. The summed E-state index contributed by atoms with van der Waals surface area (Å²) >= 11 is 6.10. The zero-order chi connectivity index (χ0) is 14.4. The van der Waals surface area contributed by atoms with Crippen LogP contribution in [0.4, 0.5) is 5.69 Å². The Morgan fingerprint density at radius 3 is 2.90 bits per heavy atom. The lowest BCUT2D eigenvalue weighted by atomic mass is 10.1. The molecular formula is C15H18ClN3O. The van der Waals surface area contributed by atoms with Crippen molar-refractivity contribution in [2.75, 3.05) is 11.9 Å². The monoisotopic (exact) mass is 291 g/mol. The molecule has 0 saturated carbocycles. The third-order valence-corrected chi connectivity index (χ3v) is 3.41. The highest BCUT2D eigenvalue weighted by atomic mass is 35.5. The smallest absolute Gasteiger partial charge is 0.224 e. The first-order chi connectivity index (χ1) is 9.72. The average molecular weight is 292 g/mol. The Bertz CT molecular complexity index is 601. The highest BCUT2D eigenvalue weighted by Gasteiger charge is 2.08. The molecule has 0 radical (unpaired) electrons. The van der Waals surface area contributed by atoms with Crippen molar-refractivity contribution in [3.63, 3.8) is 0 Å². The Morgan fingerprint density at radius 2 is 2.10 bits per heavy atom. The molecular weight excluding hydrogens is 274 g/mol. The Hall–Kier alpha value is -1.65. The molecule has 4 nitrogen and oxygen atoms in total. The standard InChI is InChI=1S/C15H18ClN3O/c16-12-7-8-13(11-5-4-10-18-15(11)12)19-14(20)6-2-1-3-9-17/h4-5,7-8,10H,1-3,6,9,17H2,(H,19,20). The van der Waals surface area contributed by atoms with Crippen molar-refractivity contribution in [2.45, 2.75) is 25.7 Å². The van der Waals surface area contributed by atoms with Crippen molar-refractivity contribution in [2.24, 2.45) is 5.73 Å². The first-order valence-corrected chi connectivity index (χ1v) is 7.13. The van der Waals surface area contributed by atoms with Gasteiger partial charge in [-0.3, -0.25) is 9.78 Å². The summed E-state index contributed by atoms with van der Waals surface area (Å²) in [6, 6.07) is 7.29. The number of amides is 1. The minimum atomic E-state index is 0.00879. The maximum absolute atomic E-state index is 11.9. The number of rotatable bonds is 6. The second kappa shape index (κ2) is 7.22. The third kappa shape index (κ3) is 3.68. The van der Waals surface area contributed by atoms with E-state index in [1.54, 1.807) is 12.3 Å². The summed E-state index contributed by atoms with van der Waals surface area (Å²) in [7, 11) is 0. The fourth-order valence-electron chi connectivity index (χ4n) is 2.07. The molecule has 0 saturated heterocycles. The van der Waals surface area contributed by atoms with E-state index in [0.29, 0.717) is 23.5 Å². The van der Waals surface area contributed by atoms with Crippen LogP contribution in [0.2, 0.25) is 5.02 Å². The maximum atomic E-state index is 11.9. The van der Waals surface area contributed by atoms with Crippen LogP contribution in [0, 0.1) is 0 Å². The van der Waals surface area contributed by atoms with Crippen molar-refractivity contribution in [3.8, 4) is 0 Å². The molecule has 0 atom stereocenters. The number of nitrogens with zero attached hydrogens (tertiary/aromatic N) is 1. The van der Waals surface area contributed by atoms with E-state index in [2.05, 4.69) is 10.3 Å². The minimum Gasteiger partial charge on any atom is -0.330 e. The van der Waals surface area contributed by atoms with Gasteiger partial charge in [0.05, 0.1) is 16.2 Å². The van der Waals surface area contributed by atoms with Gasteiger partial charge in [0, 0.05) is 18.0 Å². The molecule has 106 valence electrons. The second-order valence-corrected chi connectivity index (χ2v) is 5.05. The van der Waals surface area contributed by atoms with E-state index in [9.17, 15) is 4.79 Å². The molecule has 0 aliphatic heterocycles. The summed E-state index contributed by atoms with van der Waals surface area (Å²) in [5.74, 6) is 0.00879. The fraction of sp³-hybridized carbons (Fsp3) is 0.333. The molecule has 2 rings (SSSR count). The lowest BCUT2D eigenvalue weighted by molar-refractivity contribution is -0.116. The quantitative estimate of drug-likeness (QED) is 0.802. The van der Waals surface area contributed by atoms with E-state index < -0.39 is 0 Å². The van der Waals surface area contributed by atoms with Crippen molar-refractivity contribution in [1.29, 1.82) is 0 Å². The zero-order valence-electron chi connectivity index (χ0n) is 11.2. The normalized spacial score (nSPS) is 10.7. The molecule has 0 aliphatic rings. The van der Waals surface area contributed by atoms with Crippen molar-refractivity contribution < 1.29 is 4.79 Å². The highest BCUT2D eigenvalue weighted by molar-refractivity contribution is 6.35. The van der Waals surface area contributed by atoms with E-state index in [-0.39, 0.29) is 5.91 Å². The Morgan fingerprint density at radius 1 is 1.25 bits per heavy atom. The van der Waals surface area contributed by atoms with Gasteiger partial charge in [-0.05, 0) is 43.7 Å². The zero-order valence-corrected chi connectivity index (χ0v) is 12.0. The van der Waals surface area contributed by atoms with Crippen LogP contribution in [0.1, 0.15) is 25.7 Å². The number of aromatic nitrogens is 1. The Balaban J connectivity index is 2.06. The summed E-state index contributed by atoms with van der Waals surface area (Å²) in [5.41, 5.74) is 6.88. The lowest BCUT2D eigenvalue weighted by Gasteiger charge is -2.09. The molecule has 0 fully saturated rings. The average Bonchev–Trinajstić information content (AvgIpc) is 2.47. The molecule has 0 bridgehead atoms. The highest BCUT2D eigenvalue weighted by Crippen LogP contribution is 2.28. The molecule has 5 heteroatoms. The molecule has 1 aromatic carbocycles. The van der Waals surface area contributed by atoms with Crippen LogP contribution in [0.5, 0.6) is 0 Å². The van der Waals surface area contributed by atoms with E-state index in [4.69, 9.17) is 17.3 Å². The molecule has 1 heterocycles. The Kier molecular flexibility index (Phi) is 5.32. The number of unbranched alkanes of at least 4 members (excludes halogenated alkanes) is 2. The predicted molar refractivity (Wildman–Crippen MR) is 82.9 cm³/mol. The fourth-order valence-corrected chi connectivity index (χ4v) is 2.28. The van der Waals surface area contributed by atoms with Gasteiger partial charge < -0.3 is 11.1 Å². The van der Waals surface area contributed by atoms with E-state index >= 15 is 0 Å². The van der Waals surface area contributed by atoms with E-state index in [1.165, 1.54) is 0 Å². The second-order valence-electron chi connectivity index (χ2n) is 4.64. The largest absolute Gasteiger partial charge is 0.330 e. The van der Waals surface area contributed by atoms with Crippen LogP contribution in [0.15, 0.2) is 30.5 Å². The van der Waals surface area contributed by atoms with Gasteiger partial charge in [0.15, 0.2) is 0 Å². The van der Waals surface area contributed by atoms with Gasteiger partial charge in [-0.25, -0.2) is 0 Å². The third-order valence-electron chi connectivity index (χ3n) is 3.10. The molecule has 1 amide bonds. The van der Waals surface area contributed by atoms with Crippen LogP contribution in [0.3, 0.4) is 0 Å². The first kappa shape index (κ1) is 14.8. The van der Waals surface area contributed by atoms with Crippen LogP contribution >= 0.6 is 11.6 Å². The SMILES string of the molecule is NCCCCCC(=O)Nc1ccc(Cl)c2ncccc12.